The van der Waals surface area contributed by atoms with E-state index in [1.165, 1.54) is 0 Å². The van der Waals surface area contributed by atoms with Crippen molar-refractivity contribution in [3.05, 3.63) is 82.1 Å². The van der Waals surface area contributed by atoms with Gasteiger partial charge in [-0.1, -0.05) is 36.4 Å². The lowest BCUT2D eigenvalue weighted by molar-refractivity contribution is -0.116. The number of Topliss-reactive ketones (excluding diaryl/α,β-unsaturated/α-hetero) is 2. The Kier molecular flexibility index (Phi) is 3.93. The Morgan fingerprint density at radius 3 is 2.46 bits per heavy atom. The molecule has 0 saturated carbocycles. The van der Waals surface area contributed by atoms with Gasteiger partial charge in [0.05, 0.1) is 12.3 Å². The molecule has 0 spiro atoms. The van der Waals surface area contributed by atoms with Gasteiger partial charge in [-0.15, -0.1) is 0 Å². The number of ketones is 2. The number of dihydropyridines is 1. The minimum atomic E-state index is -0.324. The molecule has 0 radical (unpaired) electrons. The minimum absolute atomic E-state index is 0.0157. The smallest absolute Gasteiger partial charge is 0.192 e. The van der Waals surface area contributed by atoms with Crippen molar-refractivity contribution in [3.8, 4) is 5.75 Å². The van der Waals surface area contributed by atoms with Crippen LogP contribution in [0.3, 0.4) is 0 Å². The van der Waals surface area contributed by atoms with Crippen molar-refractivity contribution in [3.63, 3.8) is 0 Å². The summed E-state index contributed by atoms with van der Waals surface area (Å²) in [6, 6.07) is 15.5. The molecule has 0 amide bonds. The first kappa shape index (κ1) is 17.0. The summed E-state index contributed by atoms with van der Waals surface area (Å²) in [6.45, 7) is 2.55. The Bertz CT molecular complexity index is 1060. The van der Waals surface area contributed by atoms with Gasteiger partial charge in [-0.05, 0) is 37.5 Å². The Morgan fingerprint density at radius 2 is 1.71 bits per heavy atom. The normalized spacial score (nSPS) is 20.5. The number of rotatable bonds is 3. The molecule has 5 rings (SSSR count). The number of hydrogen-bond acceptors (Lipinski definition) is 4. The molecule has 0 aromatic heterocycles. The zero-order valence-electron chi connectivity index (χ0n) is 15.7. The average molecular weight is 371 g/mol. The van der Waals surface area contributed by atoms with E-state index in [0.29, 0.717) is 24.2 Å². The third kappa shape index (κ3) is 2.44. The van der Waals surface area contributed by atoms with Crippen LogP contribution < -0.4 is 10.1 Å². The number of nitrogens with one attached hydrogen (secondary N) is 1. The summed E-state index contributed by atoms with van der Waals surface area (Å²) in [6.07, 6.45) is 2.22. The quantitative estimate of drug-likeness (QED) is 0.870. The van der Waals surface area contributed by atoms with Gasteiger partial charge in [0, 0.05) is 40.3 Å². The maximum absolute atomic E-state index is 13.3. The predicted molar refractivity (Wildman–Crippen MR) is 107 cm³/mol. The van der Waals surface area contributed by atoms with Crippen LogP contribution in [0.2, 0.25) is 0 Å². The van der Waals surface area contributed by atoms with Crippen molar-refractivity contribution >= 4 is 17.3 Å². The van der Waals surface area contributed by atoms with Crippen LogP contribution >= 0.6 is 0 Å². The van der Waals surface area contributed by atoms with E-state index in [-0.39, 0.29) is 17.5 Å². The lowest BCUT2D eigenvalue weighted by Gasteiger charge is -2.33. The number of fused-ring (bicyclic) bond motifs is 2. The first-order chi connectivity index (χ1) is 13.7. The van der Waals surface area contributed by atoms with Crippen LogP contribution in [0.1, 0.15) is 53.6 Å². The van der Waals surface area contributed by atoms with Crippen LogP contribution in [0.5, 0.6) is 5.75 Å². The molecular formula is C24H21NO3. The number of allylic oxidation sites excluding steroid dienone is 3. The minimum Gasteiger partial charge on any atom is -0.494 e. The van der Waals surface area contributed by atoms with E-state index >= 15 is 0 Å². The molecule has 4 nitrogen and oxygen atoms in total. The second-order valence-electron chi connectivity index (χ2n) is 7.39. The van der Waals surface area contributed by atoms with Crippen molar-refractivity contribution in [2.24, 2.45) is 0 Å². The summed E-state index contributed by atoms with van der Waals surface area (Å²) < 4.78 is 5.56. The summed E-state index contributed by atoms with van der Waals surface area (Å²) >= 11 is 0. The van der Waals surface area contributed by atoms with Gasteiger partial charge >= 0.3 is 0 Å². The number of hydrogen-bond donors (Lipinski definition) is 1. The van der Waals surface area contributed by atoms with Gasteiger partial charge in [0.2, 0.25) is 0 Å². The SMILES string of the molecule is CCOc1ccc([C@H]2C3=C(CCCC3=O)NC3=C2C(=O)c2ccccc23)cc1. The Labute approximate surface area is 163 Å². The largest absolute Gasteiger partial charge is 0.494 e. The van der Waals surface area contributed by atoms with Crippen molar-refractivity contribution < 1.29 is 14.3 Å². The number of benzene rings is 2. The highest BCUT2D eigenvalue weighted by Gasteiger charge is 2.43. The highest BCUT2D eigenvalue weighted by atomic mass is 16.5. The van der Waals surface area contributed by atoms with E-state index in [9.17, 15) is 9.59 Å². The lowest BCUT2D eigenvalue weighted by atomic mass is 9.75. The van der Waals surface area contributed by atoms with Gasteiger partial charge in [0.1, 0.15) is 5.75 Å². The monoisotopic (exact) mass is 371 g/mol. The summed E-state index contributed by atoms with van der Waals surface area (Å²) in [4.78, 5) is 26.2. The topological polar surface area (TPSA) is 55.4 Å². The molecule has 1 atom stereocenters. The lowest BCUT2D eigenvalue weighted by Crippen LogP contribution is -2.31. The molecule has 2 aromatic rings. The number of ether oxygens (including phenoxy) is 1. The molecule has 0 saturated heterocycles. The zero-order valence-corrected chi connectivity index (χ0v) is 15.7. The van der Waals surface area contributed by atoms with Crippen LogP contribution in [0.25, 0.3) is 5.70 Å². The molecule has 0 unspecified atom stereocenters. The molecule has 1 heterocycles. The maximum atomic E-state index is 13.3. The highest BCUT2D eigenvalue weighted by molar-refractivity contribution is 6.23. The molecular weight excluding hydrogens is 350 g/mol. The number of carbonyl (C=O) groups is 2. The van der Waals surface area contributed by atoms with Crippen molar-refractivity contribution in [2.45, 2.75) is 32.1 Å². The molecule has 2 aromatic carbocycles. The second kappa shape index (κ2) is 6.48. The van der Waals surface area contributed by atoms with E-state index < -0.39 is 0 Å². The maximum Gasteiger partial charge on any atom is 0.192 e. The van der Waals surface area contributed by atoms with Crippen LogP contribution in [0.15, 0.2) is 65.4 Å². The van der Waals surface area contributed by atoms with Crippen LogP contribution in [-0.4, -0.2) is 18.2 Å². The molecule has 2 aliphatic carbocycles. The fourth-order valence-corrected chi connectivity index (χ4v) is 4.59. The van der Waals surface area contributed by atoms with Gasteiger partial charge in [-0.25, -0.2) is 0 Å². The Morgan fingerprint density at radius 1 is 0.964 bits per heavy atom. The highest BCUT2D eigenvalue weighted by Crippen LogP contribution is 2.48. The van der Waals surface area contributed by atoms with Gasteiger partial charge in [-0.3, -0.25) is 9.59 Å². The zero-order chi connectivity index (χ0) is 19.3. The van der Waals surface area contributed by atoms with E-state index in [1.807, 2.05) is 55.5 Å². The average Bonchev–Trinajstić information content (AvgIpc) is 3.00. The van der Waals surface area contributed by atoms with E-state index in [0.717, 1.165) is 46.7 Å². The van der Waals surface area contributed by atoms with E-state index in [1.54, 1.807) is 0 Å². The van der Waals surface area contributed by atoms with Crippen LogP contribution in [0.4, 0.5) is 0 Å². The third-order valence-electron chi connectivity index (χ3n) is 5.79. The standard InChI is InChI=1S/C24H21NO3/c1-2-28-15-12-10-14(11-13-15)20-21-18(8-5-9-19(21)26)25-23-16-6-3-4-7-17(16)24(27)22(20)23/h3-4,6-7,10-13,20,25H,2,5,8-9H2,1H3/t20-/m0/s1. The van der Waals surface area contributed by atoms with E-state index in [2.05, 4.69) is 5.32 Å². The van der Waals surface area contributed by atoms with Crippen molar-refractivity contribution in [2.75, 3.05) is 6.61 Å². The summed E-state index contributed by atoms with van der Waals surface area (Å²) in [5.74, 6) is 0.624. The molecule has 1 aliphatic heterocycles. The fraction of sp³-hybridized carbons (Fsp3) is 0.250. The first-order valence-corrected chi connectivity index (χ1v) is 9.83. The predicted octanol–water partition coefficient (Wildman–Crippen LogP) is 4.39. The van der Waals surface area contributed by atoms with Gasteiger partial charge in [-0.2, -0.15) is 0 Å². The molecule has 3 aliphatic rings. The van der Waals surface area contributed by atoms with Crippen molar-refractivity contribution in [1.29, 1.82) is 0 Å². The van der Waals surface area contributed by atoms with E-state index in [4.69, 9.17) is 4.74 Å². The van der Waals surface area contributed by atoms with Gasteiger partial charge < -0.3 is 10.1 Å². The number of carbonyl (C=O) groups excluding carboxylic acids is 2. The van der Waals surface area contributed by atoms with Crippen LogP contribution in [-0.2, 0) is 4.79 Å². The molecule has 28 heavy (non-hydrogen) atoms. The first-order valence-electron chi connectivity index (χ1n) is 9.83. The van der Waals surface area contributed by atoms with Crippen molar-refractivity contribution in [1.82, 2.24) is 5.32 Å². The summed E-state index contributed by atoms with van der Waals surface area (Å²) in [5.41, 5.74) is 5.90. The summed E-state index contributed by atoms with van der Waals surface area (Å²) in [7, 11) is 0. The molecule has 140 valence electrons. The molecule has 0 bridgehead atoms. The molecule has 4 heteroatoms. The Hall–Kier alpha value is -3.14. The van der Waals surface area contributed by atoms with Gasteiger partial charge in [0.15, 0.2) is 11.6 Å². The van der Waals surface area contributed by atoms with Crippen LogP contribution in [0, 0.1) is 0 Å². The summed E-state index contributed by atoms with van der Waals surface area (Å²) in [5, 5.41) is 3.46. The Balaban J connectivity index is 1.68. The van der Waals surface area contributed by atoms with Gasteiger partial charge in [0.25, 0.3) is 0 Å². The molecule has 0 fully saturated rings. The second-order valence-corrected chi connectivity index (χ2v) is 7.39. The fourth-order valence-electron chi connectivity index (χ4n) is 4.59. The third-order valence-corrected chi connectivity index (χ3v) is 5.79. The molecule has 1 N–H and O–H groups in total.